The van der Waals surface area contributed by atoms with Gasteiger partial charge in [-0.1, -0.05) is 6.07 Å². The number of halogens is 1. The lowest BCUT2D eigenvalue weighted by Crippen LogP contribution is -2.12. The summed E-state index contributed by atoms with van der Waals surface area (Å²) in [5.41, 5.74) is 5.34. The molecule has 0 fully saturated rings. The minimum Gasteiger partial charge on any atom is -0.364 e. The zero-order valence-electron chi connectivity index (χ0n) is 5.45. The Morgan fingerprint density at radius 1 is 1.64 bits per heavy atom. The SMILES string of the molecule is NC(=O)c1cccc(SI)n1. The molecule has 0 aliphatic carbocycles. The van der Waals surface area contributed by atoms with E-state index < -0.39 is 5.91 Å². The predicted octanol–water partition coefficient (Wildman–Crippen LogP) is 1.62. The van der Waals surface area contributed by atoms with Crippen LogP contribution in [-0.4, -0.2) is 10.9 Å². The Labute approximate surface area is 80.3 Å². The number of nitrogens with two attached hydrogens (primary N) is 1. The topological polar surface area (TPSA) is 56.0 Å². The smallest absolute Gasteiger partial charge is 0.267 e. The van der Waals surface area contributed by atoms with E-state index in [4.69, 9.17) is 5.73 Å². The van der Waals surface area contributed by atoms with Crippen LogP contribution in [0.4, 0.5) is 0 Å². The number of hydrogen-bond acceptors (Lipinski definition) is 3. The molecule has 0 radical (unpaired) electrons. The van der Waals surface area contributed by atoms with Gasteiger partial charge in [-0.15, -0.1) is 0 Å². The van der Waals surface area contributed by atoms with Crippen LogP contribution in [0, 0.1) is 0 Å². The summed E-state index contributed by atoms with van der Waals surface area (Å²) in [4.78, 5) is 14.6. The van der Waals surface area contributed by atoms with Gasteiger partial charge in [-0.05, 0) is 21.1 Å². The van der Waals surface area contributed by atoms with Crippen LogP contribution in [0.15, 0.2) is 23.2 Å². The Hall–Kier alpha value is -0.300. The van der Waals surface area contributed by atoms with Crippen molar-refractivity contribution in [1.29, 1.82) is 0 Å². The number of amides is 1. The van der Waals surface area contributed by atoms with E-state index in [2.05, 4.69) is 26.2 Å². The molecule has 1 heterocycles. The van der Waals surface area contributed by atoms with Crippen molar-refractivity contribution in [2.24, 2.45) is 5.73 Å². The van der Waals surface area contributed by atoms with Gasteiger partial charge in [-0.2, -0.15) is 0 Å². The van der Waals surface area contributed by atoms with Crippen LogP contribution in [0.5, 0.6) is 0 Å². The molecule has 3 nitrogen and oxygen atoms in total. The molecule has 0 aliphatic heterocycles. The maximum atomic E-state index is 10.6. The molecule has 0 saturated heterocycles. The molecule has 0 bridgehead atoms. The summed E-state index contributed by atoms with van der Waals surface area (Å²) in [6.07, 6.45) is 0. The third-order valence-electron chi connectivity index (χ3n) is 1.06. The summed E-state index contributed by atoms with van der Waals surface area (Å²) in [6, 6.07) is 5.18. The molecule has 1 aromatic rings. The van der Waals surface area contributed by atoms with Gasteiger partial charge in [0.15, 0.2) is 0 Å². The Bertz CT molecular complexity index is 279. The van der Waals surface area contributed by atoms with Crippen molar-refractivity contribution in [3.8, 4) is 0 Å². The lowest BCUT2D eigenvalue weighted by molar-refractivity contribution is 0.0995. The largest absolute Gasteiger partial charge is 0.364 e. The van der Waals surface area contributed by atoms with Gasteiger partial charge in [0.2, 0.25) is 0 Å². The fraction of sp³-hybridized carbons (Fsp3) is 0. The number of nitrogens with zero attached hydrogens (tertiary/aromatic N) is 1. The first kappa shape index (κ1) is 8.79. The van der Waals surface area contributed by atoms with Crippen molar-refractivity contribution >= 4 is 36.0 Å². The Morgan fingerprint density at radius 2 is 2.36 bits per heavy atom. The fourth-order valence-electron chi connectivity index (χ4n) is 0.595. The van der Waals surface area contributed by atoms with Crippen molar-refractivity contribution < 1.29 is 4.79 Å². The molecule has 1 aromatic heterocycles. The van der Waals surface area contributed by atoms with E-state index in [9.17, 15) is 4.79 Å². The Balaban J connectivity index is 3.01. The van der Waals surface area contributed by atoms with Crippen LogP contribution in [0.25, 0.3) is 0 Å². The molecule has 2 N–H and O–H groups in total. The highest BCUT2D eigenvalue weighted by Crippen LogP contribution is 2.22. The molecule has 0 saturated carbocycles. The van der Waals surface area contributed by atoms with Crippen molar-refractivity contribution in [2.75, 3.05) is 0 Å². The van der Waals surface area contributed by atoms with Crippen molar-refractivity contribution in [3.63, 3.8) is 0 Å². The molecular weight excluding hydrogens is 275 g/mol. The van der Waals surface area contributed by atoms with Gasteiger partial charge >= 0.3 is 0 Å². The first-order valence-corrected chi connectivity index (χ1v) is 6.15. The highest BCUT2D eigenvalue weighted by molar-refractivity contribution is 14.2. The van der Waals surface area contributed by atoms with Gasteiger partial charge in [-0.3, -0.25) is 4.79 Å². The first-order chi connectivity index (χ1) is 5.24. The van der Waals surface area contributed by atoms with Crippen LogP contribution >= 0.6 is 30.1 Å². The summed E-state index contributed by atoms with van der Waals surface area (Å²) < 4.78 is 0. The molecule has 1 amide bonds. The predicted molar refractivity (Wildman–Crippen MR) is 52.6 cm³/mol. The highest BCUT2D eigenvalue weighted by Gasteiger charge is 2.01. The van der Waals surface area contributed by atoms with Crippen LogP contribution < -0.4 is 5.73 Å². The molecule has 0 aromatic carbocycles. The Kier molecular flexibility index (Phi) is 3.13. The molecule has 0 unspecified atom stereocenters. The summed E-state index contributed by atoms with van der Waals surface area (Å²) in [7, 11) is 1.45. The molecule has 0 atom stereocenters. The van der Waals surface area contributed by atoms with Gasteiger partial charge < -0.3 is 5.73 Å². The molecular formula is C6H5IN2OS. The van der Waals surface area contributed by atoms with Crippen LogP contribution in [0.3, 0.4) is 0 Å². The normalized spacial score (nSPS) is 9.55. The second kappa shape index (κ2) is 3.91. The van der Waals surface area contributed by atoms with Gasteiger partial charge in [-0.25, -0.2) is 4.98 Å². The second-order valence-corrected chi connectivity index (χ2v) is 3.70. The van der Waals surface area contributed by atoms with Gasteiger partial charge in [0.1, 0.15) is 10.7 Å². The second-order valence-electron chi connectivity index (χ2n) is 1.80. The van der Waals surface area contributed by atoms with Crippen molar-refractivity contribution in [2.45, 2.75) is 5.03 Å². The summed E-state index contributed by atoms with van der Waals surface area (Å²) >= 11 is 2.10. The van der Waals surface area contributed by atoms with Crippen LogP contribution in [0.2, 0.25) is 0 Å². The van der Waals surface area contributed by atoms with Crippen LogP contribution in [0.1, 0.15) is 10.5 Å². The number of rotatable bonds is 2. The van der Waals surface area contributed by atoms with E-state index >= 15 is 0 Å². The Morgan fingerprint density at radius 3 is 2.91 bits per heavy atom. The molecule has 0 spiro atoms. The average Bonchev–Trinajstić information content (AvgIpc) is 2.05. The van der Waals surface area contributed by atoms with Crippen molar-refractivity contribution in [3.05, 3.63) is 23.9 Å². The molecule has 58 valence electrons. The first-order valence-electron chi connectivity index (χ1n) is 2.79. The zero-order chi connectivity index (χ0) is 8.27. The van der Waals surface area contributed by atoms with E-state index in [0.29, 0.717) is 5.69 Å². The standard InChI is InChI=1S/C6H5IN2OS/c7-11-5-3-1-2-4(9-5)6(8)10/h1-3H,(H2,8,10). The van der Waals surface area contributed by atoms with Crippen LogP contribution in [-0.2, 0) is 0 Å². The van der Waals surface area contributed by atoms with E-state index in [0.717, 1.165) is 5.03 Å². The third kappa shape index (κ3) is 2.33. The van der Waals surface area contributed by atoms with Gasteiger partial charge in [0, 0.05) is 21.2 Å². The number of primary amides is 1. The van der Waals surface area contributed by atoms with E-state index in [1.165, 1.54) is 8.93 Å². The summed E-state index contributed by atoms with van der Waals surface area (Å²) in [5.74, 6) is -0.489. The fourth-order valence-corrected chi connectivity index (χ4v) is 1.59. The van der Waals surface area contributed by atoms with E-state index in [1.54, 1.807) is 12.1 Å². The number of hydrogen-bond donors (Lipinski definition) is 1. The van der Waals surface area contributed by atoms with Crippen molar-refractivity contribution in [1.82, 2.24) is 4.98 Å². The molecule has 5 heteroatoms. The maximum absolute atomic E-state index is 10.6. The van der Waals surface area contributed by atoms with Gasteiger partial charge in [0.05, 0.1) is 0 Å². The lowest BCUT2D eigenvalue weighted by atomic mass is 10.3. The average molecular weight is 280 g/mol. The highest BCUT2D eigenvalue weighted by atomic mass is 127. The summed E-state index contributed by atoms with van der Waals surface area (Å²) in [5, 5.41) is 0.793. The minimum absolute atomic E-state index is 0.312. The number of carbonyl (C=O) groups excluding carboxylic acids is 1. The van der Waals surface area contributed by atoms with Gasteiger partial charge in [0.25, 0.3) is 5.91 Å². The summed E-state index contributed by atoms with van der Waals surface area (Å²) in [6.45, 7) is 0. The quantitative estimate of drug-likeness (QED) is 0.837. The number of carbonyl (C=O) groups is 1. The maximum Gasteiger partial charge on any atom is 0.267 e. The zero-order valence-corrected chi connectivity index (χ0v) is 8.43. The minimum atomic E-state index is -0.489. The molecule has 11 heavy (non-hydrogen) atoms. The number of pyridine rings is 1. The molecule has 1 rings (SSSR count). The lowest BCUT2D eigenvalue weighted by Gasteiger charge is -1.95. The molecule has 0 aliphatic rings. The monoisotopic (exact) mass is 280 g/mol. The van der Waals surface area contributed by atoms with E-state index in [1.807, 2.05) is 6.07 Å². The van der Waals surface area contributed by atoms with E-state index in [-0.39, 0.29) is 0 Å². The third-order valence-corrected chi connectivity index (χ3v) is 2.79. The number of aromatic nitrogens is 1.